The highest BCUT2D eigenvalue weighted by atomic mass is 35.5. The van der Waals surface area contributed by atoms with Crippen LogP contribution in [0.4, 0.5) is 0 Å². The van der Waals surface area contributed by atoms with Crippen LogP contribution in [0.1, 0.15) is 31.1 Å². The predicted molar refractivity (Wildman–Crippen MR) is 60.4 cm³/mol. The van der Waals surface area contributed by atoms with Gasteiger partial charge in [0.05, 0.1) is 12.2 Å². The van der Waals surface area contributed by atoms with Crippen LogP contribution in [0.15, 0.2) is 12.4 Å². The summed E-state index contributed by atoms with van der Waals surface area (Å²) in [5.41, 5.74) is 0.742. The molecule has 6 heteroatoms. The first-order valence-electron chi connectivity index (χ1n) is 5.44. The summed E-state index contributed by atoms with van der Waals surface area (Å²) in [6.45, 7) is 1.04. The molecule has 1 aliphatic heterocycles. The van der Waals surface area contributed by atoms with Gasteiger partial charge in [-0.2, -0.15) is 0 Å². The Hall–Kier alpha value is -1.20. The van der Waals surface area contributed by atoms with Gasteiger partial charge in [0.2, 0.25) is 0 Å². The second kappa shape index (κ2) is 3.99. The first-order valence-corrected chi connectivity index (χ1v) is 5.82. The molecule has 0 aliphatic carbocycles. The SMILES string of the molecule is Clc1cn2c(C3CCCCN3)nnc2cn1. The Kier molecular flexibility index (Phi) is 2.49. The molecule has 3 heterocycles. The highest BCUT2D eigenvalue weighted by molar-refractivity contribution is 6.29. The van der Waals surface area contributed by atoms with Crippen molar-refractivity contribution in [1.82, 2.24) is 24.9 Å². The number of hydrogen-bond donors (Lipinski definition) is 1. The van der Waals surface area contributed by atoms with Crippen molar-refractivity contribution in [1.29, 1.82) is 0 Å². The lowest BCUT2D eigenvalue weighted by molar-refractivity contribution is 0.395. The molecule has 0 spiro atoms. The molecule has 1 N–H and O–H groups in total. The van der Waals surface area contributed by atoms with Crippen molar-refractivity contribution in [2.24, 2.45) is 0 Å². The average Bonchev–Trinajstić information content (AvgIpc) is 2.73. The van der Waals surface area contributed by atoms with Crippen LogP contribution in [0.3, 0.4) is 0 Å². The van der Waals surface area contributed by atoms with Gasteiger partial charge in [-0.3, -0.25) is 4.40 Å². The van der Waals surface area contributed by atoms with Crippen molar-refractivity contribution in [3.8, 4) is 0 Å². The summed E-state index contributed by atoms with van der Waals surface area (Å²) in [4.78, 5) is 3.99. The molecule has 1 unspecified atom stereocenters. The zero-order valence-corrected chi connectivity index (χ0v) is 9.48. The van der Waals surface area contributed by atoms with Crippen molar-refractivity contribution in [2.45, 2.75) is 25.3 Å². The van der Waals surface area contributed by atoms with Crippen molar-refractivity contribution < 1.29 is 0 Å². The third-order valence-corrected chi connectivity index (χ3v) is 3.10. The van der Waals surface area contributed by atoms with E-state index < -0.39 is 0 Å². The fraction of sp³-hybridized carbons (Fsp3) is 0.500. The van der Waals surface area contributed by atoms with Crippen molar-refractivity contribution >= 4 is 17.2 Å². The number of piperidine rings is 1. The van der Waals surface area contributed by atoms with E-state index in [1.165, 1.54) is 12.8 Å². The lowest BCUT2D eigenvalue weighted by Gasteiger charge is -2.21. The molecular formula is C10H12ClN5. The van der Waals surface area contributed by atoms with Crippen LogP contribution in [0.5, 0.6) is 0 Å². The average molecular weight is 238 g/mol. The van der Waals surface area contributed by atoms with Crippen molar-refractivity contribution in [3.63, 3.8) is 0 Å². The minimum Gasteiger partial charge on any atom is -0.307 e. The molecule has 1 fully saturated rings. The second-order valence-electron chi connectivity index (χ2n) is 4.00. The summed E-state index contributed by atoms with van der Waals surface area (Å²) in [7, 11) is 0. The molecule has 2 aromatic heterocycles. The van der Waals surface area contributed by atoms with Crippen LogP contribution in [-0.2, 0) is 0 Å². The lowest BCUT2D eigenvalue weighted by atomic mass is 10.0. The molecule has 16 heavy (non-hydrogen) atoms. The molecule has 1 saturated heterocycles. The summed E-state index contributed by atoms with van der Waals surface area (Å²) in [6.07, 6.45) is 6.96. The second-order valence-corrected chi connectivity index (χ2v) is 4.39. The van der Waals surface area contributed by atoms with Crippen LogP contribution >= 0.6 is 11.6 Å². The summed E-state index contributed by atoms with van der Waals surface area (Å²) in [5, 5.41) is 12.2. The zero-order chi connectivity index (χ0) is 11.0. The Balaban J connectivity index is 2.05. The van der Waals surface area contributed by atoms with E-state index in [1.54, 1.807) is 12.4 Å². The van der Waals surface area contributed by atoms with Gasteiger partial charge >= 0.3 is 0 Å². The van der Waals surface area contributed by atoms with Crippen LogP contribution in [0, 0.1) is 0 Å². The minimum absolute atomic E-state index is 0.280. The number of hydrogen-bond acceptors (Lipinski definition) is 4. The summed E-state index contributed by atoms with van der Waals surface area (Å²) >= 11 is 5.88. The Labute approximate surface area is 97.8 Å². The van der Waals surface area contributed by atoms with Crippen LogP contribution in [0.25, 0.3) is 5.65 Å². The summed E-state index contributed by atoms with van der Waals surface area (Å²) in [5.74, 6) is 0.930. The Bertz CT molecular complexity index is 503. The van der Waals surface area contributed by atoms with Crippen LogP contribution in [-0.4, -0.2) is 26.1 Å². The van der Waals surface area contributed by atoms with Gasteiger partial charge in [0, 0.05) is 6.20 Å². The van der Waals surface area contributed by atoms with E-state index in [4.69, 9.17) is 11.6 Å². The molecule has 84 valence electrons. The van der Waals surface area contributed by atoms with E-state index in [-0.39, 0.29) is 6.04 Å². The van der Waals surface area contributed by atoms with Gasteiger partial charge in [-0.05, 0) is 19.4 Å². The van der Waals surface area contributed by atoms with Gasteiger partial charge in [0.15, 0.2) is 11.5 Å². The van der Waals surface area contributed by atoms with Gasteiger partial charge < -0.3 is 5.32 Å². The fourth-order valence-corrected chi connectivity index (χ4v) is 2.25. The number of aromatic nitrogens is 4. The van der Waals surface area contributed by atoms with Crippen LogP contribution < -0.4 is 5.32 Å². The Morgan fingerprint density at radius 3 is 3.12 bits per heavy atom. The third kappa shape index (κ3) is 1.66. The van der Waals surface area contributed by atoms with E-state index >= 15 is 0 Å². The zero-order valence-electron chi connectivity index (χ0n) is 8.73. The third-order valence-electron chi connectivity index (χ3n) is 2.91. The highest BCUT2D eigenvalue weighted by Crippen LogP contribution is 2.22. The van der Waals surface area contributed by atoms with E-state index in [9.17, 15) is 0 Å². The predicted octanol–water partition coefficient (Wildman–Crippen LogP) is 1.59. The van der Waals surface area contributed by atoms with E-state index in [0.717, 1.165) is 24.4 Å². The number of nitrogens with one attached hydrogen (secondary N) is 1. The molecule has 2 aromatic rings. The summed E-state index contributed by atoms with van der Waals surface area (Å²) in [6, 6.07) is 0.280. The molecular weight excluding hydrogens is 226 g/mol. The molecule has 5 nitrogen and oxygen atoms in total. The monoisotopic (exact) mass is 237 g/mol. The largest absolute Gasteiger partial charge is 0.307 e. The molecule has 3 rings (SSSR count). The normalized spacial score (nSPS) is 21.4. The Morgan fingerprint density at radius 2 is 2.31 bits per heavy atom. The topological polar surface area (TPSA) is 55.1 Å². The van der Waals surface area contributed by atoms with Crippen molar-refractivity contribution in [3.05, 3.63) is 23.4 Å². The number of halogens is 1. The Morgan fingerprint density at radius 1 is 1.38 bits per heavy atom. The van der Waals surface area contributed by atoms with Gasteiger partial charge in [-0.25, -0.2) is 4.98 Å². The van der Waals surface area contributed by atoms with E-state index in [2.05, 4.69) is 20.5 Å². The molecule has 0 aromatic carbocycles. The molecule has 1 aliphatic rings. The number of rotatable bonds is 1. The maximum atomic E-state index is 5.88. The maximum absolute atomic E-state index is 5.88. The molecule has 1 atom stereocenters. The summed E-state index contributed by atoms with van der Waals surface area (Å²) < 4.78 is 1.92. The first-order chi connectivity index (χ1) is 7.84. The maximum Gasteiger partial charge on any atom is 0.179 e. The highest BCUT2D eigenvalue weighted by Gasteiger charge is 2.20. The molecule has 0 saturated carbocycles. The van der Waals surface area contributed by atoms with E-state index in [0.29, 0.717) is 5.15 Å². The smallest absolute Gasteiger partial charge is 0.179 e. The van der Waals surface area contributed by atoms with E-state index in [1.807, 2.05) is 4.40 Å². The van der Waals surface area contributed by atoms with Gasteiger partial charge in [0.1, 0.15) is 5.15 Å². The van der Waals surface area contributed by atoms with Gasteiger partial charge in [0.25, 0.3) is 0 Å². The molecule has 0 amide bonds. The number of fused-ring (bicyclic) bond motifs is 1. The minimum atomic E-state index is 0.280. The molecule has 0 radical (unpaired) electrons. The number of nitrogens with zero attached hydrogens (tertiary/aromatic N) is 4. The van der Waals surface area contributed by atoms with Gasteiger partial charge in [-0.1, -0.05) is 18.0 Å². The van der Waals surface area contributed by atoms with Crippen LogP contribution in [0.2, 0.25) is 5.15 Å². The molecule has 0 bridgehead atoms. The van der Waals surface area contributed by atoms with Gasteiger partial charge in [-0.15, -0.1) is 10.2 Å². The fourth-order valence-electron chi connectivity index (χ4n) is 2.11. The first kappa shape index (κ1) is 9.99. The standard InChI is InChI=1S/C10H12ClN5/c11-8-6-16-9(5-13-8)14-15-10(16)7-3-1-2-4-12-7/h5-7,12H,1-4H2. The lowest BCUT2D eigenvalue weighted by Crippen LogP contribution is -2.28. The van der Waals surface area contributed by atoms with Crippen molar-refractivity contribution in [2.75, 3.05) is 6.54 Å². The quantitative estimate of drug-likeness (QED) is 0.819.